The Bertz CT molecular complexity index is 255. The van der Waals surface area contributed by atoms with Gasteiger partial charge in [-0.2, -0.15) is 0 Å². The summed E-state index contributed by atoms with van der Waals surface area (Å²) < 4.78 is 5.61. The molecule has 1 N–H and O–H groups in total. The molecule has 2 heteroatoms. The first-order chi connectivity index (χ1) is 7.46. The minimum Gasteiger partial charge on any atom is -0.387 e. The van der Waals surface area contributed by atoms with E-state index >= 15 is 0 Å². The minimum atomic E-state index is -0.729. The lowest BCUT2D eigenvalue weighted by Crippen LogP contribution is -2.50. The average Bonchev–Trinajstić information content (AvgIpc) is 2.20. The highest BCUT2D eigenvalue weighted by molar-refractivity contribution is 4.98. The van der Waals surface area contributed by atoms with E-state index in [0.717, 1.165) is 13.0 Å². The van der Waals surface area contributed by atoms with Gasteiger partial charge in [-0.25, -0.2) is 0 Å². The predicted molar refractivity (Wildman–Crippen MR) is 71.9 cm³/mol. The molecule has 3 unspecified atom stereocenters. The lowest BCUT2D eigenvalue weighted by molar-refractivity contribution is -0.112. The summed E-state index contributed by atoms with van der Waals surface area (Å²) in [6.45, 7) is 16.7. The second kappa shape index (κ2) is 4.55. The predicted octanol–water partition coefficient (Wildman–Crippen LogP) is 3.48. The van der Waals surface area contributed by atoms with E-state index in [1.54, 1.807) is 0 Å². The Morgan fingerprint density at radius 1 is 1.06 bits per heavy atom. The van der Waals surface area contributed by atoms with E-state index in [1.807, 2.05) is 6.92 Å². The van der Waals surface area contributed by atoms with E-state index in [1.165, 1.54) is 0 Å². The maximum absolute atomic E-state index is 10.8. The fraction of sp³-hybridized carbons (Fsp3) is 1.00. The number of aliphatic hydroxyl groups is 1. The Hall–Kier alpha value is -0.0800. The molecule has 2 nitrogen and oxygen atoms in total. The average molecular weight is 242 g/mol. The summed E-state index contributed by atoms with van der Waals surface area (Å²) in [6, 6.07) is 0. The molecule has 1 aliphatic heterocycles. The summed E-state index contributed by atoms with van der Waals surface area (Å²) in [7, 11) is 0. The summed E-state index contributed by atoms with van der Waals surface area (Å²) in [6.07, 6.45) is 1.04. The van der Waals surface area contributed by atoms with Gasteiger partial charge in [-0.3, -0.25) is 0 Å². The van der Waals surface area contributed by atoms with Crippen molar-refractivity contribution in [3.8, 4) is 0 Å². The molecule has 0 aliphatic carbocycles. The van der Waals surface area contributed by atoms with Crippen LogP contribution in [0.2, 0.25) is 0 Å². The molecule has 0 aromatic carbocycles. The quantitative estimate of drug-likeness (QED) is 0.704. The van der Waals surface area contributed by atoms with Gasteiger partial charge in [-0.05, 0) is 36.0 Å². The highest BCUT2D eigenvalue weighted by Gasteiger charge is 2.49. The third-order valence-corrected chi connectivity index (χ3v) is 4.09. The largest absolute Gasteiger partial charge is 0.387 e. The van der Waals surface area contributed by atoms with Crippen LogP contribution in [0.4, 0.5) is 0 Å². The lowest BCUT2D eigenvalue weighted by atomic mass is 9.58. The molecule has 3 atom stereocenters. The molecular weight excluding hydrogens is 212 g/mol. The van der Waals surface area contributed by atoms with Crippen LogP contribution in [0.5, 0.6) is 0 Å². The van der Waals surface area contributed by atoms with Gasteiger partial charge in [-0.1, -0.05) is 41.5 Å². The van der Waals surface area contributed by atoms with Crippen LogP contribution in [0.25, 0.3) is 0 Å². The van der Waals surface area contributed by atoms with Crippen LogP contribution in [-0.4, -0.2) is 23.9 Å². The van der Waals surface area contributed by atoms with Crippen molar-refractivity contribution in [3.63, 3.8) is 0 Å². The van der Waals surface area contributed by atoms with Crippen LogP contribution in [-0.2, 0) is 4.74 Å². The molecule has 0 aromatic heterocycles. The summed E-state index contributed by atoms with van der Waals surface area (Å²) in [5.74, 6) is 0.748. The highest BCUT2D eigenvalue weighted by atomic mass is 16.5. The molecule has 0 radical (unpaired) electrons. The van der Waals surface area contributed by atoms with Crippen LogP contribution >= 0.6 is 0 Å². The van der Waals surface area contributed by atoms with Crippen LogP contribution in [0.15, 0.2) is 0 Å². The minimum absolute atomic E-state index is 0.0924. The summed E-state index contributed by atoms with van der Waals surface area (Å²) in [4.78, 5) is 0. The Kier molecular flexibility index (Phi) is 4.01. The Balaban J connectivity index is 3.16. The van der Waals surface area contributed by atoms with Crippen molar-refractivity contribution in [2.45, 2.75) is 60.5 Å². The fourth-order valence-electron chi connectivity index (χ4n) is 3.65. The van der Waals surface area contributed by atoms with Crippen molar-refractivity contribution >= 4 is 0 Å². The SMILES string of the molecule is CC(C)(C)C1CCOCC(C)(O)C1C(C)(C)C. The fourth-order valence-corrected chi connectivity index (χ4v) is 3.65. The molecule has 1 aliphatic rings. The van der Waals surface area contributed by atoms with Crippen molar-refractivity contribution in [2.24, 2.45) is 22.7 Å². The standard InChI is InChI=1S/C15H30O2/c1-13(2,3)11-8-9-17-10-15(7,16)12(11)14(4,5)6/h11-12,16H,8-10H2,1-7H3. The number of ether oxygens (including phenoxy) is 1. The van der Waals surface area contributed by atoms with Crippen LogP contribution in [0.1, 0.15) is 54.9 Å². The molecule has 0 bridgehead atoms. The first kappa shape index (κ1) is 15.0. The highest BCUT2D eigenvalue weighted by Crippen LogP contribution is 2.49. The molecule has 0 aromatic rings. The Labute approximate surface area is 107 Å². The van der Waals surface area contributed by atoms with E-state index in [0.29, 0.717) is 12.5 Å². The Morgan fingerprint density at radius 3 is 2.00 bits per heavy atom. The molecule has 0 spiro atoms. The van der Waals surface area contributed by atoms with Crippen molar-refractivity contribution in [1.82, 2.24) is 0 Å². The first-order valence-corrected chi connectivity index (χ1v) is 6.76. The third kappa shape index (κ3) is 3.45. The monoisotopic (exact) mass is 242 g/mol. The van der Waals surface area contributed by atoms with Gasteiger partial charge in [0.1, 0.15) is 0 Å². The van der Waals surface area contributed by atoms with Crippen molar-refractivity contribution < 1.29 is 9.84 Å². The van der Waals surface area contributed by atoms with E-state index in [9.17, 15) is 5.11 Å². The molecule has 0 amide bonds. The zero-order valence-corrected chi connectivity index (χ0v) is 12.6. The van der Waals surface area contributed by atoms with Crippen molar-refractivity contribution in [3.05, 3.63) is 0 Å². The van der Waals surface area contributed by atoms with Crippen LogP contribution < -0.4 is 0 Å². The molecule has 1 heterocycles. The van der Waals surface area contributed by atoms with E-state index in [4.69, 9.17) is 4.74 Å². The second-order valence-corrected chi connectivity index (χ2v) is 8.01. The third-order valence-electron chi connectivity index (χ3n) is 4.09. The van der Waals surface area contributed by atoms with Gasteiger partial charge >= 0.3 is 0 Å². The maximum atomic E-state index is 10.8. The molecule has 1 rings (SSSR count). The van der Waals surface area contributed by atoms with Gasteiger partial charge in [0.2, 0.25) is 0 Å². The molecule has 17 heavy (non-hydrogen) atoms. The van der Waals surface area contributed by atoms with Crippen LogP contribution in [0.3, 0.4) is 0 Å². The van der Waals surface area contributed by atoms with Gasteiger partial charge in [0, 0.05) is 6.61 Å². The second-order valence-electron chi connectivity index (χ2n) is 8.01. The first-order valence-electron chi connectivity index (χ1n) is 6.76. The van der Waals surface area contributed by atoms with Gasteiger partial charge in [-0.15, -0.1) is 0 Å². The van der Waals surface area contributed by atoms with Crippen LogP contribution in [0, 0.1) is 22.7 Å². The maximum Gasteiger partial charge on any atom is 0.0887 e. The summed E-state index contributed by atoms with van der Waals surface area (Å²) in [5, 5.41) is 10.8. The number of hydrogen-bond donors (Lipinski definition) is 1. The molecule has 1 fully saturated rings. The summed E-state index contributed by atoms with van der Waals surface area (Å²) >= 11 is 0. The topological polar surface area (TPSA) is 29.5 Å². The number of rotatable bonds is 0. The normalized spacial score (nSPS) is 36.7. The lowest BCUT2D eigenvalue weighted by Gasteiger charge is -2.48. The molecule has 102 valence electrons. The van der Waals surface area contributed by atoms with Gasteiger partial charge in [0.05, 0.1) is 12.2 Å². The van der Waals surface area contributed by atoms with Gasteiger partial charge < -0.3 is 9.84 Å². The zero-order chi connectivity index (χ0) is 13.5. The zero-order valence-electron chi connectivity index (χ0n) is 12.6. The smallest absolute Gasteiger partial charge is 0.0887 e. The molecule has 1 saturated heterocycles. The Morgan fingerprint density at radius 2 is 1.59 bits per heavy atom. The van der Waals surface area contributed by atoms with Gasteiger partial charge in [0.25, 0.3) is 0 Å². The van der Waals surface area contributed by atoms with Crippen molar-refractivity contribution in [2.75, 3.05) is 13.2 Å². The van der Waals surface area contributed by atoms with Gasteiger partial charge in [0.15, 0.2) is 0 Å². The molecular formula is C15H30O2. The molecule has 0 saturated carbocycles. The summed E-state index contributed by atoms with van der Waals surface area (Å²) in [5.41, 5.74) is -0.433. The van der Waals surface area contributed by atoms with E-state index in [-0.39, 0.29) is 16.7 Å². The van der Waals surface area contributed by atoms with Crippen molar-refractivity contribution in [1.29, 1.82) is 0 Å². The van der Waals surface area contributed by atoms with E-state index < -0.39 is 5.60 Å². The van der Waals surface area contributed by atoms with E-state index in [2.05, 4.69) is 41.5 Å². The number of hydrogen-bond acceptors (Lipinski definition) is 2.